The highest BCUT2D eigenvalue weighted by atomic mass is 14.9. The van der Waals surface area contributed by atoms with Crippen molar-refractivity contribution in [2.24, 2.45) is 5.92 Å². The number of benzene rings is 1. The Morgan fingerprint density at radius 2 is 2.31 bits per heavy atom. The maximum absolute atomic E-state index is 8.93. The van der Waals surface area contributed by atoms with Crippen LogP contribution in [0.15, 0.2) is 24.3 Å². The summed E-state index contributed by atoms with van der Waals surface area (Å²) in [6.07, 6.45) is 2.45. The van der Waals surface area contributed by atoms with Crippen LogP contribution in [0.1, 0.15) is 18.4 Å². The fourth-order valence-electron chi connectivity index (χ4n) is 2.11. The first-order chi connectivity index (χ1) is 7.90. The van der Waals surface area contributed by atoms with Crippen molar-refractivity contribution in [3.05, 3.63) is 29.8 Å². The van der Waals surface area contributed by atoms with E-state index in [1.54, 1.807) is 0 Å². The van der Waals surface area contributed by atoms with Gasteiger partial charge in [-0.25, -0.2) is 0 Å². The first kappa shape index (κ1) is 11.0. The lowest BCUT2D eigenvalue weighted by Crippen LogP contribution is -2.13. The molecule has 1 heterocycles. The predicted molar refractivity (Wildman–Crippen MR) is 65.2 cm³/mol. The molecule has 1 aromatic carbocycles. The van der Waals surface area contributed by atoms with Gasteiger partial charge in [-0.2, -0.15) is 5.26 Å². The van der Waals surface area contributed by atoms with Crippen molar-refractivity contribution >= 4 is 5.69 Å². The molecule has 0 saturated carbocycles. The topological polar surface area (TPSA) is 47.9 Å². The van der Waals surface area contributed by atoms with Crippen molar-refractivity contribution in [3.8, 4) is 6.07 Å². The molecule has 0 radical (unpaired) electrons. The Kier molecular flexibility index (Phi) is 3.79. The molecule has 2 rings (SSSR count). The molecule has 1 aliphatic rings. The Balaban J connectivity index is 1.82. The fourth-order valence-corrected chi connectivity index (χ4v) is 2.11. The molecule has 1 aliphatic heterocycles. The van der Waals surface area contributed by atoms with Crippen molar-refractivity contribution in [2.75, 3.05) is 25.0 Å². The lowest BCUT2D eigenvalue weighted by atomic mass is 10.1. The standard InChI is InChI=1S/C13H17N3/c14-9-12-3-1-2-4-13(12)16-8-6-11-5-7-15-10-11/h1-4,11,15-16H,5-8,10H2. The highest BCUT2D eigenvalue weighted by molar-refractivity contribution is 5.56. The molecular formula is C13H17N3. The molecule has 1 fully saturated rings. The van der Waals surface area contributed by atoms with Crippen LogP contribution < -0.4 is 10.6 Å². The molecule has 16 heavy (non-hydrogen) atoms. The summed E-state index contributed by atoms with van der Waals surface area (Å²) in [6.45, 7) is 3.24. The molecule has 3 nitrogen and oxygen atoms in total. The average molecular weight is 215 g/mol. The minimum atomic E-state index is 0.729. The van der Waals surface area contributed by atoms with E-state index in [-0.39, 0.29) is 0 Å². The van der Waals surface area contributed by atoms with Crippen LogP contribution >= 0.6 is 0 Å². The second kappa shape index (κ2) is 5.53. The number of anilines is 1. The van der Waals surface area contributed by atoms with Crippen LogP contribution in [-0.4, -0.2) is 19.6 Å². The van der Waals surface area contributed by atoms with Crippen LogP contribution in [0.2, 0.25) is 0 Å². The lowest BCUT2D eigenvalue weighted by molar-refractivity contribution is 0.549. The van der Waals surface area contributed by atoms with Crippen molar-refractivity contribution < 1.29 is 0 Å². The van der Waals surface area contributed by atoms with Crippen LogP contribution in [0.3, 0.4) is 0 Å². The quantitative estimate of drug-likeness (QED) is 0.807. The number of nitrogens with one attached hydrogen (secondary N) is 2. The van der Waals surface area contributed by atoms with E-state index in [4.69, 9.17) is 5.26 Å². The van der Waals surface area contributed by atoms with Gasteiger partial charge < -0.3 is 10.6 Å². The van der Waals surface area contributed by atoms with E-state index >= 15 is 0 Å². The van der Waals surface area contributed by atoms with E-state index < -0.39 is 0 Å². The normalized spacial score (nSPS) is 19.3. The zero-order chi connectivity index (χ0) is 11.2. The Hall–Kier alpha value is -1.53. The smallest absolute Gasteiger partial charge is 0.101 e. The predicted octanol–water partition coefficient (Wildman–Crippen LogP) is 1.97. The summed E-state index contributed by atoms with van der Waals surface area (Å²) in [5.41, 5.74) is 1.68. The molecule has 0 aromatic heterocycles. The van der Waals surface area contributed by atoms with E-state index in [1.165, 1.54) is 12.8 Å². The van der Waals surface area contributed by atoms with Gasteiger partial charge in [0.1, 0.15) is 6.07 Å². The zero-order valence-electron chi connectivity index (χ0n) is 9.37. The summed E-state index contributed by atoms with van der Waals surface area (Å²) >= 11 is 0. The van der Waals surface area contributed by atoms with Gasteiger partial charge in [-0.15, -0.1) is 0 Å². The highest BCUT2D eigenvalue weighted by Crippen LogP contribution is 2.16. The summed E-state index contributed by atoms with van der Waals surface area (Å²) in [4.78, 5) is 0. The van der Waals surface area contributed by atoms with Gasteiger partial charge in [-0.3, -0.25) is 0 Å². The maximum atomic E-state index is 8.93. The van der Waals surface area contributed by atoms with E-state index in [1.807, 2.05) is 24.3 Å². The largest absolute Gasteiger partial charge is 0.384 e. The minimum Gasteiger partial charge on any atom is -0.384 e. The highest BCUT2D eigenvalue weighted by Gasteiger charge is 2.13. The van der Waals surface area contributed by atoms with Gasteiger partial charge in [0, 0.05) is 6.54 Å². The van der Waals surface area contributed by atoms with Crippen LogP contribution in [0.4, 0.5) is 5.69 Å². The van der Waals surface area contributed by atoms with Crippen LogP contribution in [0.25, 0.3) is 0 Å². The van der Waals surface area contributed by atoms with E-state index in [9.17, 15) is 0 Å². The van der Waals surface area contributed by atoms with Crippen LogP contribution in [-0.2, 0) is 0 Å². The zero-order valence-corrected chi connectivity index (χ0v) is 9.37. The molecule has 0 bridgehead atoms. The Labute approximate surface area is 96.5 Å². The van der Waals surface area contributed by atoms with Gasteiger partial charge in [-0.05, 0) is 44.0 Å². The van der Waals surface area contributed by atoms with E-state index in [2.05, 4.69) is 16.7 Å². The second-order valence-electron chi connectivity index (χ2n) is 4.23. The number of nitrogens with zero attached hydrogens (tertiary/aromatic N) is 1. The summed E-state index contributed by atoms with van der Waals surface area (Å²) in [7, 11) is 0. The molecule has 3 heteroatoms. The van der Waals surface area contributed by atoms with Crippen molar-refractivity contribution in [1.29, 1.82) is 5.26 Å². The number of hydrogen-bond acceptors (Lipinski definition) is 3. The molecule has 2 N–H and O–H groups in total. The third kappa shape index (κ3) is 2.74. The van der Waals surface area contributed by atoms with Gasteiger partial charge in [0.2, 0.25) is 0 Å². The summed E-state index contributed by atoms with van der Waals surface area (Å²) in [5, 5.41) is 15.6. The first-order valence-electron chi connectivity index (χ1n) is 5.84. The molecule has 1 unspecified atom stereocenters. The Morgan fingerprint density at radius 3 is 3.06 bits per heavy atom. The Morgan fingerprint density at radius 1 is 1.44 bits per heavy atom. The van der Waals surface area contributed by atoms with E-state index in [0.29, 0.717) is 0 Å². The SMILES string of the molecule is N#Cc1ccccc1NCCC1CCNC1. The van der Waals surface area contributed by atoms with E-state index in [0.717, 1.165) is 36.8 Å². The van der Waals surface area contributed by atoms with Gasteiger partial charge in [0.15, 0.2) is 0 Å². The number of hydrogen-bond donors (Lipinski definition) is 2. The van der Waals surface area contributed by atoms with Crippen molar-refractivity contribution in [2.45, 2.75) is 12.8 Å². The molecule has 1 saturated heterocycles. The van der Waals surface area contributed by atoms with Crippen molar-refractivity contribution in [3.63, 3.8) is 0 Å². The van der Waals surface area contributed by atoms with Gasteiger partial charge in [0.05, 0.1) is 11.3 Å². The van der Waals surface area contributed by atoms with Crippen molar-refractivity contribution in [1.82, 2.24) is 5.32 Å². The third-order valence-electron chi connectivity index (χ3n) is 3.08. The van der Waals surface area contributed by atoms with Crippen LogP contribution in [0, 0.1) is 17.2 Å². The molecular weight excluding hydrogens is 198 g/mol. The maximum Gasteiger partial charge on any atom is 0.101 e. The molecule has 1 aromatic rings. The molecule has 0 amide bonds. The van der Waals surface area contributed by atoms with Gasteiger partial charge in [-0.1, -0.05) is 12.1 Å². The first-order valence-corrected chi connectivity index (χ1v) is 5.84. The van der Waals surface area contributed by atoms with Gasteiger partial charge in [0.25, 0.3) is 0 Å². The van der Waals surface area contributed by atoms with Gasteiger partial charge >= 0.3 is 0 Å². The van der Waals surface area contributed by atoms with Crippen LogP contribution in [0.5, 0.6) is 0 Å². The lowest BCUT2D eigenvalue weighted by Gasteiger charge is -2.11. The molecule has 0 spiro atoms. The molecule has 1 atom stereocenters. The monoisotopic (exact) mass is 215 g/mol. The number of nitriles is 1. The number of para-hydroxylation sites is 1. The summed E-state index contributed by atoms with van der Waals surface area (Å²) in [5.74, 6) is 0.793. The third-order valence-corrected chi connectivity index (χ3v) is 3.08. The minimum absolute atomic E-state index is 0.729. The number of rotatable bonds is 4. The summed E-state index contributed by atoms with van der Waals surface area (Å²) in [6, 6.07) is 9.86. The molecule has 0 aliphatic carbocycles. The Bertz CT molecular complexity index is 375. The second-order valence-corrected chi connectivity index (χ2v) is 4.23. The fraction of sp³-hybridized carbons (Fsp3) is 0.462. The average Bonchev–Trinajstić information content (AvgIpc) is 2.83. The summed E-state index contributed by atoms with van der Waals surface area (Å²) < 4.78 is 0. The molecule has 84 valence electrons.